The molecule has 3 heteroatoms. The molecule has 0 bridgehead atoms. The van der Waals surface area contributed by atoms with Crippen LogP contribution in [0.5, 0.6) is 0 Å². The fourth-order valence-electron chi connectivity index (χ4n) is 1.41. The van der Waals surface area contributed by atoms with Crippen LogP contribution in [0.25, 0.3) is 0 Å². The standard InChI is InChI=1S/C12H17ClS2/c1-2-4-10(8-14)9-15-12-6-3-5-11(13)7-12/h3,5-7,10,14H,2,4,8-9H2,1H3. The van der Waals surface area contributed by atoms with Crippen molar-refractivity contribution >= 4 is 36.0 Å². The van der Waals surface area contributed by atoms with E-state index in [2.05, 4.69) is 25.6 Å². The van der Waals surface area contributed by atoms with Gasteiger partial charge in [-0.15, -0.1) is 11.8 Å². The predicted molar refractivity (Wildman–Crippen MR) is 74.4 cm³/mol. The number of benzene rings is 1. The highest BCUT2D eigenvalue weighted by Crippen LogP contribution is 2.25. The summed E-state index contributed by atoms with van der Waals surface area (Å²) in [5.74, 6) is 2.82. The summed E-state index contributed by atoms with van der Waals surface area (Å²) in [6.07, 6.45) is 2.50. The van der Waals surface area contributed by atoms with E-state index in [4.69, 9.17) is 11.6 Å². The summed E-state index contributed by atoms with van der Waals surface area (Å²) in [7, 11) is 0. The Bertz CT molecular complexity index is 289. The average molecular weight is 261 g/mol. The molecular weight excluding hydrogens is 244 g/mol. The lowest BCUT2D eigenvalue weighted by Gasteiger charge is -2.12. The van der Waals surface area contributed by atoms with E-state index in [1.54, 1.807) is 0 Å². The Morgan fingerprint density at radius 3 is 2.87 bits per heavy atom. The van der Waals surface area contributed by atoms with Gasteiger partial charge >= 0.3 is 0 Å². The van der Waals surface area contributed by atoms with Crippen molar-refractivity contribution in [3.05, 3.63) is 29.3 Å². The van der Waals surface area contributed by atoms with E-state index in [-0.39, 0.29) is 0 Å². The topological polar surface area (TPSA) is 0 Å². The van der Waals surface area contributed by atoms with Gasteiger partial charge in [0.15, 0.2) is 0 Å². The van der Waals surface area contributed by atoms with Gasteiger partial charge in [0.2, 0.25) is 0 Å². The van der Waals surface area contributed by atoms with Crippen LogP contribution in [0.1, 0.15) is 19.8 Å². The van der Waals surface area contributed by atoms with Gasteiger partial charge in [-0.3, -0.25) is 0 Å². The van der Waals surface area contributed by atoms with Crippen LogP contribution in [0.2, 0.25) is 5.02 Å². The Morgan fingerprint density at radius 1 is 1.47 bits per heavy atom. The quantitative estimate of drug-likeness (QED) is 0.567. The Labute approximate surface area is 107 Å². The first-order valence-corrected chi connectivity index (χ1v) is 7.25. The molecule has 15 heavy (non-hydrogen) atoms. The van der Waals surface area contributed by atoms with Gasteiger partial charge in [0.1, 0.15) is 0 Å². The van der Waals surface area contributed by atoms with Crippen LogP contribution in [0.15, 0.2) is 29.2 Å². The van der Waals surface area contributed by atoms with E-state index in [0.717, 1.165) is 16.5 Å². The second-order valence-corrected chi connectivity index (χ2v) is 5.50. The van der Waals surface area contributed by atoms with Crippen LogP contribution in [0, 0.1) is 5.92 Å². The largest absolute Gasteiger partial charge is 0.179 e. The van der Waals surface area contributed by atoms with Gasteiger partial charge in [0, 0.05) is 15.7 Å². The fraction of sp³-hybridized carbons (Fsp3) is 0.500. The van der Waals surface area contributed by atoms with Crippen molar-refractivity contribution in [2.75, 3.05) is 11.5 Å². The Morgan fingerprint density at radius 2 is 2.27 bits per heavy atom. The monoisotopic (exact) mass is 260 g/mol. The molecule has 0 nitrogen and oxygen atoms in total. The second-order valence-electron chi connectivity index (χ2n) is 3.61. The van der Waals surface area contributed by atoms with Crippen LogP contribution in [-0.2, 0) is 0 Å². The maximum atomic E-state index is 5.93. The molecular formula is C12H17ClS2. The highest BCUT2D eigenvalue weighted by Gasteiger charge is 2.06. The third-order valence-corrected chi connectivity index (χ3v) is 4.21. The maximum Gasteiger partial charge on any atom is 0.0417 e. The third kappa shape index (κ3) is 5.19. The van der Waals surface area contributed by atoms with Gasteiger partial charge in [-0.2, -0.15) is 12.6 Å². The van der Waals surface area contributed by atoms with E-state index in [9.17, 15) is 0 Å². The summed E-state index contributed by atoms with van der Waals surface area (Å²) in [5, 5.41) is 0.818. The molecule has 0 fully saturated rings. The molecule has 0 heterocycles. The Kier molecular flexibility index (Phi) is 6.62. The number of rotatable bonds is 6. The Balaban J connectivity index is 2.41. The van der Waals surface area contributed by atoms with Crippen molar-refractivity contribution in [2.24, 2.45) is 5.92 Å². The zero-order chi connectivity index (χ0) is 11.1. The van der Waals surface area contributed by atoms with E-state index in [1.165, 1.54) is 17.7 Å². The SMILES string of the molecule is CCCC(CS)CSc1cccc(Cl)c1. The highest BCUT2D eigenvalue weighted by atomic mass is 35.5. The van der Waals surface area contributed by atoms with Crippen LogP contribution >= 0.6 is 36.0 Å². The fourth-order valence-corrected chi connectivity index (χ4v) is 3.25. The molecule has 0 amide bonds. The molecule has 0 aliphatic carbocycles. The minimum atomic E-state index is 0.710. The number of thiol groups is 1. The van der Waals surface area contributed by atoms with Crippen LogP contribution in [0.3, 0.4) is 0 Å². The summed E-state index contributed by atoms with van der Waals surface area (Å²) in [5.41, 5.74) is 0. The molecule has 1 aromatic carbocycles. The molecule has 1 rings (SSSR count). The molecule has 0 spiro atoms. The van der Waals surface area contributed by atoms with Crippen molar-refractivity contribution in [3.8, 4) is 0 Å². The van der Waals surface area contributed by atoms with E-state index in [1.807, 2.05) is 30.0 Å². The normalized spacial score (nSPS) is 12.7. The first kappa shape index (κ1) is 13.3. The van der Waals surface area contributed by atoms with Crippen LogP contribution in [0.4, 0.5) is 0 Å². The summed E-state index contributed by atoms with van der Waals surface area (Å²) in [6, 6.07) is 8.04. The number of hydrogen-bond acceptors (Lipinski definition) is 2. The molecule has 84 valence electrons. The molecule has 1 unspecified atom stereocenters. The smallest absolute Gasteiger partial charge is 0.0417 e. The number of halogens is 1. The summed E-state index contributed by atoms with van der Waals surface area (Å²) in [4.78, 5) is 1.25. The molecule has 0 saturated heterocycles. The van der Waals surface area contributed by atoms with Crippen molar-refractivity contribution < 1.29 is 0 Å². The molecule has 1 aromatic rings. The van der Waals surface area contributed by atoms with Crippen molar-refractivity contribution in [2.45, 2.75) is 24.7 Å². The second kappa shape index (κ2) is 7.48. The van der Waals surface area contributed by atoms with Gasteiger partial charge < -0.3 is 0 Å². The lowest BCUT2D eigenvalue weighted by atomic mass is 10.1. The summed E-state index contributed by atoms with van der Waals surface area (Å²) >= 11 is 12.2. The van der Waals surface area contributed by atoms with Gasteiger partial charge in [0.05, 0.1) is 0 Å². The van der Waals surface area contributed by atoms with Gasteiger partial charge in [0.25, 0.3) is 0 Å². The van der Waals surface area contributed by atoms with Crippen molar-refractivity contribution in [1.82, 2.24) is 0 Å². The van der Waals surface area contributed by atoms with Crippen LogP contribution in [-0.4, -0.2) is 11.5 Å². The molecule has 0 aliphatic heterocycles. The number of thioether (sulfide) groups is 1. The summed E-state index contributed by atoms with van der Waals surface area (Å²) < 4.78 is 0. The molecule has 0 radical (unpaired) electrons. The average Bonchev–Trinajstić information content (AvgIpc) is 2.24. The Hall–Kier alpha value is 0.210. The predicted octanol–water partition coefficient (Wildman–Crippen LogP) is 4.78. The van der Waals surface area contributed by atoms with E-state index < -0.39 is 0 Å². The molecule has 0 N–H and O–H groups in total. The highest BCUT2D eigenvalue weighted by molar-refractivity contribution is 7.99. The zero-order valence-electron chi connectivity index (χ0n) is 8.95. The van der Waals surface area contributed by atoms with Gasteiger partial charge in [-0.05, 0) is 36.3 Å². The maximum absolute atomic E-state index is 5.93. The minimum absolute atomic E-state index is 0.710. The molecule has 0 saturated carbocycles. The van der Waals surface area contributed by atoms with E-state index >= 15 is 0 Å². The lowest BCUT2D eigenvalue weighted by Crippen LogP contribution is -2.04. The molecule has 1 atom stereocenters. The molecule has 0 aliphatic rings. The van der Waals surface area contributed by atoms with Crippen LogP contribution < -0.4 is 0 Å². The van der Waals surface area contributed by atoms with Crippen molar-refractivity contribution in [3.63, 3.8) is 0 Å². The number of hydrogen-bond donors (Lipinski definition) is 1. The first-order chi connectivity index (χ1) is 7.26. The third-order valence-electron chi connectivity index (χ3n) is 2.24. The minimum Gasteiger partial charge on any atom is -0.179 e. The summed E-state index contributed by atoms with van der Waals surface area (Å²) in [6.45, 7) is 2.22. The van der Waals surface area contributed by atoms with Crippen molar-refractivity contribution in [1.29, 1.82) is 0 Å². The lowest BCUT2D eigenvalue weighted by molar-refractivity contribution is 0.595. The first-order valence-electron chi connectivity index (χ1n) is 5.25. The zero-order valence-corrected chi connectivity index (χ0v) is 11.4. The van der Waals surface area contributed by atoms with Gasteiger partial charge in [-0.25, -0.2) is 0 Å². The van der Waals surface area contributed by atoms with Gasteiger partial charge in [-0.1, -0.05) is 31.0 Å². The van der Waals surface area contributed by atoms with E-state index in [0.29, 0.717) is 5.92 Å². The molecule has 0 aromatic heterocycles.